The molecule has 2 amide bonds. The normalized spacial score (nSPS) is 19.3. The number of likely N-dealkylation sites (tertiary alicyclic amines) is 1. The lowest BCUT2D eigenvalue weighted by molar-refractivity contribution is -0.135. The second-order valence-corrected chi connectivity index (χ2v) is 11.0. The number of hydrogen-bond donors (Lipinski definition) is 1. The summed E-state index contributed by atoms with van der Waals surface area (Å²) < 4.78 is 19.2. The summed E-state index contributed by atoms with van der Waals surface area (Å²) in [4.78, 5) is 33.8. The van der Waals surface area contributed by atoms with Crippen LogP contribution < -0.4 is 10.1 Å². The molecule has 1 N–H and O–H groups in total. The maximum atomic E-state index is 14.0. The summed E-state index contributed by atoms with van der Waals surface area (Å²) in [6.07, 6.45) is 1.41. The van der Waals surface area contributed by atoms with Crippen molar-refractivity contribution in [1.29, 1.82) is 0 Å². The number of nitrogens with one attached hydrogen (secondary N) is 1. The van der Waals surface area contributed by atoms with E-state index in [0.29, 0.717) is 44.7 Å². The third-order valence-corrected chi connectivity index (χ3v) is 8.24. The minimum absolute atomic E-state index is 0.0103. The van der Waals surface area contributed by atoms with Crippen molar-refractivity contribution in [3.05, 3.63) is 101 Å². The summed E-state index contributed by atoms with van der Waals surface area (Å²) in [5.74, 6) is 0.147. The topological polar surface area (TPSA) is 65.1 Å². The highest BCUT2D eigenvalue weighted by molar-refractivity contribution is 5.98. The molecule has 3 aromatic rings. The Bertz CT molecular complexity index is 1340. The quantitative estimate of drug-likeness (QED) is 0.448. The fourth-order valence-corrected chi connectivity index (χ4v) is 5.90. The van der Waals surface area contributed by atoms with Gasteiger partial charge in [-0.1, -0.05) is 36.4 Å². The average Bonchev–Trinajstić information content (AvgIpc) is 3.25. The van der Waals surface area contributed by atoms with Gasteiger partial charge in [0.2, 0.25) is 5.91 Å². The molecular weight excluding hydrogens is 519 g/mol. The number of aryl methyl sites for hydroxylation is 1. The van der Waals surface area contributed by atoms with Crippen molar-refractivity contribution in [2.45, 2.75) is 44.9 Å². The lowest BCUT2D eigenvalue weighted by Crippen LogP contribution is -2.48. The van der Waals surface area contributed by atoms with Gasteiger partial charge in [-0.2, -0.15) is 0 Å². The maximum absolute atomic E-state index is 14.0. The molecule has 41 heavy (non-hydrogen) atoms. The van der Waals surface area contributed by atoms with Crippen LogP contribution in [0, 0.1) is 12.7 Å². The van der Waals surface area contributed by atoms with Gasteiger partial charge in [0.25, 0.3) is 5.91 Å². The fourth-order valence-electron chi connectivity index (χ4n) is 5.90. The van der Waals surface area contributed by atoms with Crippen molar-refractivity contribution < 1.29 is 18.7 Å². The summed E-state index contributed by atoms with van der Waals surface area (Å²) in [6, 6.07) is 21.3. The number of amides is 2. The van der Waals surface area contributed by atoms with Gasteiger partial charge in [-0.15, -0.1) is 0 Å². The predicted octanol–water partition coefficient (Wildman–Crippen LogP) is 4.25. The fraction of sp³-hybridized carbons (Fsp3) is 0.394. The van der Waals surface area contributed by atoms with Gasteiger partial charge in [-0.25, -0.2) is 4.39 Å². The molecule has 2 heterocycles. The van der Waals surface area contributed by atoms with Crippen LogP contribution in [0.1, 0.15) is 39.9 Å². The number of rotatable bonds is 8. The van der Waals surface area contributed by atoms with Gasteiger partial charge >= 0.3 is 0 Å². The number of halogens is 1. The number of nitrogens with zero attached hydrogens (tertiary/aromatic N) is 3. The Morgan fingerprint density at radius 1 is 1.00 bits per heavy atom. The molecule has 216 valence electrons. The van der Waals surface area contributed by atoms with E-state index in [1.54, 1.807) is 12.0 Å². The number of ether oxygens (including phenoxy) is 1. The third kappa shape index (κ3) is 6.94. The lowest BCUT2D eigenvalue weighted by atomic mass is 10.0. The van der Waals surface area contributed by atoms with Crippen LogP contribution in [0.4, 0.5) is 4.39 Å². The van der Waals surface area contributed by atoms with Crippen molar-refractivity contribution >= 4 is 11.8 Å². The Balaban J connectivity index is 1.47. The molecule has 5 rings (SSSR count). The highest BCUT2D eigenvalue weighted by Crippen LogP contribution is 2.29. The minimum atomic E-state index is -0.583. The van der Waals surface area contributed by atoms with Gasteiger partial charge in [-0.05, 0) is 79.4 Å². The third-order valence-electron chi connectivity index (χ3n) is 8.24. The largest absolute Gasteiger partial charge is 0.497 e. The first-order valence-corrected chi connectivity index (χ1v) is 14.4. The summed E-state index contributed by atoms with van der Waals surface area (Å²) in [5.41, 5.74) is 3.90. The number of hydrogen-bond acceptors (Lipinski definition) is 5. The van der Waals surface area contributed by atoms with E-state index >= 15 is 0 Å². The van der Waals surface area contributed by atoms with E-state index in [9.17, 15) is 14.0 Å². The molecule has 0 saturated carbocycles. The molecule has 0 spiro atoms. The Hall–Kier alpha value is -3.75. The standard InChI is InChI=1S/C33H39FN4O3/c1-24-7-3-4-9-27(24)22-37(21-25-8-5-10-30(19-25)41-2)29-20-31(33(40)36-17-6-15-35-16-18-36)38(23-29)32(39)26-11-13-28(34)14-12-26/h3-5,7-14,19,29,31,35H,6,15-18,20-23H2,1-2H3. The van der Waals surface area contributed by atoms with Crippen molar-refractivity contribution in [1.82, 2.24) is 20.0 Å². The zero-order valence-corrected chi connectivity index (χ0v) is 23.9. The highest BCUT2D eigenvalue weighted by atomic mass is 19.1. The SMILES string of the molecule is COc1cccc(CN(Cc2ccccc2C)C2CC(C(=O)N3CCCNCC3)N(C(=O)c3ccc(F)cc3)C2)c1. The zero-order valence-electron chi connectivity index (χ0n) is 23.9. The number of benzene rings is 3. The first kappa shape index (κ1) is 28.8. The minimum Gasteiger partial charge on any atom is -0.497 e. The smallest absolute Gasteiger partial charge is 0.254 e. The van der Waals surface area contributed by atoms with Crippen molar-refractivity contribution in [3.63, 3.8) is 0 Å². The molecule has 8 heteroatoms. The van der Waals surface area contributed by atoms with E-state index in [2.05, 4.69) is 35.3 Å². The molecule has 2 atom stereocenters. The Morgan fingerprint density at radius 2 is 1.80 bits per heavy atom. The van der Waals surface area contributed by atoms with E-state index in [-0.39, 0.29) is 17.9 Å². The van der Waals surface area contributed by atoms with Gasteiger partial charge in [0.1, 0.15) is 17.6 Å². The Kier molecular flexibility index (Phi) is 9.31. The highest BCUT2D eigenvalue weighted by Gasteiger charge is 2.43. The van der Waals surface area contributed by atoms with E-state index in [1.165, 1.54) is 35.4 Å². The van der Waals surface area contributed by atoms with E-state index in [1.807, 2.05) is 35.2 Å². The van der Waals surface area contributed by atoms with Gasteiger partial charge in [0, 0.05) is 50.9 Å². The molecule has 3 aromatic carbocycles. The maximum Gasteiger partial charge on any atom is 0.254 e. The molecule has 2 aliphatic rings. The van der Waals surface area contributed by atoms with Crippen LogP contribution >= 0.6 is 0 Å². The molecule has 0 bridgehead atoms. The number of methoxy groups -OCH3 is 1. The van der Waals surface area contributed by atoms with Crippen LogP contribution in [0.2, 0.25) is 0 Å². The first-order chi connectivity index (χ1) is 19.9. The van der Waals surface area contributed by atoms with Crippen LogP contribution in [0.5, 0.6) is 5.75 Å². The van der Waals surface area contributed by atoms with Crippen LogP contribution in [-0.2, 0) is 17.9 Å². The second kappa shape index (κ2) is 13.3. The number of carbonyl (C=O) groups is 2. The molecule has 0 aliphatic carbocycles. The molecule has 0 radical (unpaired) electrons. The number of carbonyl (C=O) groups excluding carboxylic acids is 2. The molecule has 2 saturated heterocycles. The summed E-state index contributed by atoms with van der Waals surface area (Å²) in [7, 11) is 1.66. The van der Waals surface area contributed by atoms with Crippen molar-refractivity contribution in [2.75, 3.05) is 39.8 Å². The monoisotopic (exact) mass is 558 g/mol. The van der Waals surface area contributed by atoms with E-state index < -0.39 is 11.9 Å². The molecule has 2 fully saturated rings. The summed E-state index contributed by atoms with van der Waals surface area (Å²) in [5, 5.41) is 3.36. The Morgan fingerprint density at radius 3 is 2.59 bits per heavy atom. The first-order valence-electron chi connectivity index (χ1n) is 14.4. The summed E-state index contributed by atoms with van der Waals surface area (Å²) >= 11 is 0. The van der Waals surface area contributed by atoms with Crippen molar-refractivity contribution in [2.24, 2.45) is 0 Å². The lowest BCUT2D eigenvalue weighted by Gasteiger charge is -2.30. The van der Waals surface area contributed by atoms with Gasteiger partial charge in [0.05, 0.1) is 7.11 Å². The molecule has 2 unspecified atom stereocenters. The summed E-state index contributed by atoms with van der Waals surface area (Å²) in [6.45, 7) is 6.75. The van der Waals surface area contributed by atoms with Crippen LogP contribution in [-0.4, -0.2) is 78.4 Å². The van der Waals surface area contributed by atoms with E-state index in [0.717, 1.165) is 30.8 Å². The zero-order chi connectivity index (χ0) is 28.8. The van der Waals surface area contributed by atoms with Crippen LogP contribution in [0.25, 0.3) is 0 Å². The Labute approximate surface area is 241 Å². The predicted molar refractivity (Wildman–Crippen MR) is 157 cm³/mol. The van der Waals surface area contributed by atoms with Crippen LogP contribution in [0.15, 0.2) is 72.8 Å². The van der Waals surface area contributed by atoms with Gasteiger partial charge in [0.15, 0.2) is 0 Å². The van der Waals surface area contributed by atoms with Crippen molar-refractivity contribution in [3.8, 4) is 5.75 Å². The van der Waals surface area contributed by atoms with Crippen LogP contribution in [0.3, 0.4) is 0 Å². The molecule has 0 aromatic heterocycles. The second-order valence-electron chi connectivity index (χ2n) is 11.0. The average molecular weight is 559 g/mol. The molecule has 7 nitrogen and oxygen atoms in total. The van der Waals surface area contributed by atoms with Gasteiger partial charge in [-0.3, -0.25) is 14.5 Å². The molecular formula is C33H39FN4O3. The molecule has 2 aliphatic heterocycles. The van der Waals surface area contributed by atoms with E-state index in [4.69, 9.17) is 4.74 Å². The van der Waals surface area contributed by atoms with Gasteiger partial charge < -0.3 is 19.9 Å².